The minimum Gasteiger partial charge on any atom is -0.317 e. The van der Waals surface area contributed by atoms with Gasteiger partial charge in [-0.2, -0.15) is 5.10 Å². The van der Waals surface area contributed by atoms with E-state index in [2.05, 4.69) is 27.6 Å². The van der Waals surface area contributed by atoms with Gasteiger partial charge in [-0.3, -0.25) is 5.10 Å². The van der Waals surface area contributed by atoms with Gasteiger partial charge in [0.15, 0.2) is 0 Å². The van der Waals surface area contributed by atoms with Crippen molar-refractivity contribution in [3.05, 3.63) is 38.8 Å². The molecule has 0 aliphatic carbocycles. The Morgan fingerprint density at radius 2 is 2.11 bits per heavy atom. The fourth-order valence-electron chi connectivity index (χ4n) is 2.58. The molecule has 1 aliphatic rings. The Labute approximate surface area is 122 Å². The number of H-pyrrole nitrogens is 1. The van der Waals surface area contributed by atoms with E-state index in [0.717, 1.165) is 30.3 Å². The van der Waals surface area contributed by atoms with E-state index in [1.165, 1.54) is 29.1 Å². The van der Waals surface area contributed by atoms with Gasteiger partial charge in [0.2, 0.25) is 0 Å². The van der Waals surface area contributed by atoms with Crippen molar-refractivity contribution in [2.75, 3.05) is 13.1 Å². The third-order valence-corrected chi connectivity index (χ3v) is 4.97. The van der Waals surface area contributed by atoms with Crippen molar-refractivity contribution < 1.29 is 0 Å². The van der Waals surface area contributed by atoms with Crippen molar-refractivity contribution in [1.29, 1.82) is 0 Å². The highest BCUT2D eigenvalue weighted by Crippen LogP contribution is 2.25. The minimum absolute atomic E-state index is 0.627. The molecule has 3 heterocycles. The first-order chi connectivity index (χ1) is 9.31. The van der Waals surface area contributed by atoms with E-state index in [1.54, 1.807) is 11.3 Å². The molecule has 0 amide bonds. The van der Waals surface area contributed by atoms with Crippen molar-refractivity contribution in [2.24, 2.45) is 0 Å². The second kappa shape index (κ2) is 6.07. The summed E-state index contributed by atoms with van der Waals surface area (Å²) in [7, 11) is 0. The molecule has 0 spiro atoms. The Bertz CT molecular complexity index is 528. The van der Waals surface area contributed by atoms with E-state index in [4.69, 9.17) is 11.6 Å². The number of nitrogens with one attached hydrogen (secondary N) is 2. The largest absolute Gasteiger partial charge is 0.317 e. The van der Waals surface area contributed by atoms with Crippen LogP contribution in [0.2, 0.25) is 4.34 Å². The van der Waals surface area contributed by atoms with Gasteiger partial charge in [0.05, 0.1) is 10.0 Å². The van der Waals surface area contributed by atoms with Crippen LogP contribution in [-0.2, 0) is 12.8 Å². The molecule has 2 N–H and O–H groups in total. The first-order valence-corrected chi connectivity index (χ1v) is 8.00. The Morgan fingerprint density at radius 1 is 1.26 bits per heavy atom. The highest BCUT2D eigenvalue weighted by molar-refractivity contribution is 7.16. The second-order valence-corrected chi connectivity index (χ2v) is 6.85. The van der Waals surface area contributed by atoms with Crippen LogP contribution >= 0.6 is 22.9 Å². The summed E-state index contributed by atoms with van der Waals surface area (Å²) >= 11 is 7.60. The van der Waals surface area contributed by atoms with Crippen LogP contribution in [-0.4, -0.2) is 23.3 Å². The lowest BCUT2D eigenvalue weighted by Crippen LogP contribution is -2.26. The summed E-state index contributed by atoms with van der Waals surface area (Å²) in [5.74, 6) is 0.627. The molecule has 5 heteroatoms. The highest BCUT2D eigenvalue weighted by Gasteiger charge is 2.17. The summed E-state index contributed by atoms with van der Waals surface area (Å²) in [6.07, 6.45) is 4.44. The van der Waals surface area contributed by atoms with Crippen molar-refractivity contribution in [2.45, 2.75) is 31.6 Å². The first kappa shape index (κ1) is 13.2. The molecule has 2 aromatic rings. The summed E-state index contributed by atoms with van der Waals surface area (Å²) in [5.41, 5.74) is 2.47. The normalized spacial score (nSPS) is 16.9. The zero-order chi connectivity index (χ0) is 13.1. The molecule has 0 bridgehead atoms. The van der Waals surface area contributed by atoms with E-state index in [9.17, 15) is 0 Å². The van der Waals surface area contributed by atoms with Crippen LogP contribution in [0, 0.1) is 0 Å². The lowest BCUT2D eigenvalue weighted by atomic mass is 9.94. The number of rotatable bonds is 4. The SMILES string of the molecule is Clc1ccc(CCc2cc(C3CCNCC3)n[nH]2)s1. The smallest absolute Gasteiger partial charge is 0.0931 e. The number of piperidine rings is 1. The van der Waals surface area contributed by atoms with E-state index in [0.29, 0.717) is 5.92 Å². The zero-order valence-corrected chi connectivity index (χ0v) is 12.4. The number of aryl methyl sites for hydroxylation is 2. The minimum atomic E-state index is 0.627. The summed E-state index contributed by atoms with van der Waals surface area (Å²) < 4.78 is 0.870. The van der Waals surface area contributed by atoms with Crippen molar-refractivity contribution in [1.82, 2.24) is 15.5 Å². The molecule has 0 unspecified atom stereocenters. The first-order valence-electron chi connectivity index (χ1n) is 6.80. The molecule has 1 fully saturated rings. The maximum atomic E-state index is 5.94. The number of aromatic nitrogens is 2. The van der Waals surface area contributed by atoms with Crippen LogP contribution in [0.1, 0.15) is 35.0 Å². The maximum Gasteiger partial charge on any atom is 0.0931 e. The van der Waals surface area contributed by atoms with E-state index >= 15 is 0 Å². The van der Waals surface area contributed by atoms with Crippen molar-refractivity contribution in [3.8, 4) is 0 Å². The van der Waals surface area contributed by atoms with Crippen molar-refractivity contribution in [3.63, 3.8) is 0 Å². The number of hydrogen-bond donors (Lipinski definition) is 2. The van der Waals surface area contributed by atoms with Crippen LogP contribution in [0.3, 0.4) is 0 Å². The molecule has 3 nitrogen and oxygen atoms in total. The Morgan fingerprint density at radius 3 is 2.84 bits per heavy atom. The predicted molar refractivity (Wildman–Crippen MR) is 80.2 cm³/mol. The Kier molecular flexibility index (Phi) is 4.21. The average molecular weight is 296 g/mol. The summed E-state index contributed by atoms with van der Waals surface area (Å²) in [6, 6.07) is 6.32. The van der Waals surface area contributed by atoms with E-state index in [1.807, 2.05) is 6.07 Å². The molecule has 0 atom stereocenters. The highest BCUT2D eigenvalue weighted by atomic mass is 35.5. The van der Waals surface area contributed by atoms with Gasteiger partial charge in [-0.05, 0) is 57.0 Å². The Balaban J connectivity index is 1.58. The molecule has 3 rings (SSSR count). The standard InChI is InChI=1S/C14H18ClN3S/c15-14-4-3-12(19-14)2-1-11-9-13(18-17-11)10-5-7-16-8-6-10/h3-4,9-10,16H,1-2,5-8H2,(H,17,18). The Hall–Kier alpha value is -0.840. The quantitative estimate of drug-likeness (QED) is 0.908. The topological polar surface area (TPSA) is 40.7 Å². The zero-order valence-electron chi connectivity index (χ0n) is 10.8. The third-order valence-electron chi connectivity index (χ3n) is 3.68. The monoisotopic (exact) mass is 295 g/mol. The molecule has 1 aliphatic heterocycles. The van der Waals surface area contributed by atoms with Gasteiger partial charge >= 0.3 is 0 Å². The number of halogens is 1. The predicted octanol–water partition coefficient (Wildman–Crippen LogP) is 3.38. The van der Waals surface area contributed by atoms with Gasteiger partial charge in [-0.15, -0.1) is 11.3 Å². The maximum absolute atomic E-state index is 5.94. The lowest BCUT2D eigenvalue weighted by molar-refractivity contribution is 0.453. The van der Waals surface area contributed by atoms with Crippen LogP contribution < -0.4 is 5.32 Å². The molecule has 0 radical (unpaired) electrons. The van der Waals surface area contributed by atoms with Gasteiger partial charge in [0.25, 0.3) is 0 Å². The summed E-state index contributed by atoms with van der Waals surface area (Å²) in [4.78, 5) is 1.34. The van der Waals surface area contributed by atoms with Crippen LogP contribution in [0.5, 0.6) is 0 Å². The second-order valence-electron chi connectivity index (χ2n) is 5.05. The van der Waals surface area contributed by atoms with E-state index < -0.39 is 0 Å². The van der Waals surface area contributed by atoms with Crippen LogP contribution in [0.25, 0.3) is 0 Å². The fourth-order valence-corrected chi connectivity index (χ4v) is 3.67. The fraction of sp³-hybridized carbons (Fsp3) is 0.500. The number of nitrogens with zero attached hydrogens (tertiary/aromatic N) is 1. The van der Waals surface area contributed by atoms with Gasteiger partial charge < -0.3 is 5.32 Å². The molecule has 2 aromatic heterocycles. The number of thiophene rings is 1. The van der Waals surface area contributed by atoms with E-state index in [-0.39, 0.29) is 0 Å². The molecule has 19 heavy (non-hydrogen) atoms. The van der Waals surface area contributed by atoms with Crippen molar-refractivity contribution >= 4 is 22.9 Å². The number of hydrogen-bond acceptors (Lipinski definition) is 3. The average Bonchev–Trinajstić information content (AvgIpc) is 3.06. The molecule has 0 aromatic carbocycles. The number of aromatic amines is 1. The van der Waals surface area contributed by atoms with Gasteiger partial charge in [-0.25, -0.2) is 0 Å². The van der Waals surface area contributed by atoms with Crippen LogP contribution in [0.15, 0.2) is 18.2 Å². The summed E-state index contributed by atoms with van der Waals surface area (Å²) in [6.45, 7) is 2.22. The molecular formula is C14H18ClN3S. The van der Waals surface area contributed by atoms with Crippen LogP contribution in [0.4, 0.5) is 0 Å². The van der Waals surface area contributed by atoms with Gasteiger partial charge in [-0.1, -0.05) is 11.6 Å². The lowest BCUT2D eigenvalue weighted by Gasteiger charge is -2.20. The van der Waals surface area contributed by atoms with Gasteiger partial charge in [0.1, 0.15) is 0 Å². The van der Waals surface area contributed by atoms with Gasteiger partial charge in [0, 0.05) is 16.5 Å². The molecule has 1 saturated heterocycles. The summed E-state index contributed by atoms with van der Waals surface area (Å²) in [5, 5.41) is 11.1. The molecule has 102 valence electrons. The molecular weight excluding hydrogens is 278 g/mol. The molecule has 0 saturated carbocycles. The third kappa shape index (κ3) is 3.38.